The number of imidazole rings is 1. The van der Waals surface area contributed by atoms with E-state index in [1.807, 2.05) is 64.0 Å². The summed E-state index contributed by atoms with van der Waals surface area (Å²) in [7, 11) is 3.90. The van der Waals surface area contributed by atoms with Gasteiger partial charge in [-0.2, -0.15) is 4.98 Å². The molecule has 4 aromatic heterocycles. The van der Waals surface area contributed by atoms with E-state index < -0.39 is 5.82 Å². The molecule has 1 N–H and O–H groups in total. The molecule has 0 aliphatic heterocycles. The first-order valence-electron chi connectivity index (χ1n) is 12.2. The quantitative estimate of drug-likeness (QED) is 0.288. The molecule has 5 rings (SSSR count). The number of benzene rings is 1. The third kappa shape index (κ3) is 5.02. The molecular formula is C28H28FN7O2. The van der Waals surface area contributed by atoms with Gasteiger partial charge in [0.2, 0.25) is 17.5 Å². The van der Waals surface area contributed by atoms with Gasteiger partial charge in [0.25, 0.3) is 0 Å². The molecule has 5 aromatic rings. The minimum Gasteiger partial charge on any atom is -0.376 e. The number of aromatic nitrogens is 6. The Kier molecular flexibility index (Phi) is 6.48. The van der Waals surface area contributed by atoms with E-state index in [1.54, 1.807) is 18.5 Å². The van der Waals surface area contributed by atoms with Crippen molar-refractivity contribution in [1.82, 2.24) is 30.1 Å². The highest BCUT2D eigenvalue weighted by molar-refractivity contribution is 5.93. The van der Waals surface area contributed by atoms with Crippen LogP contribution in [0.25, 0.3) is 33.8 Å². The van der Waals surface area contributed by atoms with Crippen LogP contribution in [-0.2, 0) is 11.8 Å². The predicted octanol–water partition coefficient (Wildman–Crippen LogP) is 5.39. The number of carbonyl (C=O) groups is 1. The lowest BCUT2D eigenvalue weighted by atomic mass is 9.97. The maximum absolute atomic E-state index is 15.1. The average Bonchev–Trinajstić information content (AvgIpc) is 3.56. The molecule has 0 fully saturated rings. The number of ketones is 1. The number of Topliss-reactive ketones (excluding diaryl/α,β-unsaturated/α-hetero) is 1. The van der Waals surface area contributed by atoms with Gasteiger partial charge in [-0.05, 0) is 41.8 Å². The summed E-state index contributed by atoms with van der Waals surface area (Å²) in [4.78, 5) is 35.4. The van der Waals surface area contributed by atoms with E-state index in [4.69, 9.17) is 4.52 Å². The van der Waals surface area contributed by atoms with E-state index in [0.717, 1.165) is 11.3 Å². The lowest BCUT2D eigenvalue weighted by Crippen LogP contribution is -2.12. The Morgan fingerprint density at radius 2 is 1.89 bits per heavy atom. The van der Waals surface area contributed by atoms with Crippen molar-refractivity contribution in [3.8, 4) is 22.6 Å². The number of halogens is 1. The largest absolute Gasteiger partial charge is 0.376 e. The number of H-pyrrole nitrogens is 1. The second-order valence-corrected chi connectivity index (χ2v) is 10.3. The average molecular weight is 514 g/mol. The van der Waals surface area contributed by atoms with E-state index in [0.29, 0.717) is 39.7 Å². The molecule has 0 unspecified atom stereocenters. The highest BCUT2D eigenvalue weighted by Gasteiger charge is 2.24. The minimum absolute atomic E-state index is 0.0204. The first-order valence-corrected chi connectivity index (χ1v) is 12.2. The number of aryl methyl sites for hydroxylation is 1. The molecule has 0 aliphatic rings. The van der Waals surface area contributed by atoms with Crippen LogP contribution in [0, 0.1) is 5.82 Å². The third-order valence-corrected chi connectivity index (χ3v) is 6.20. The number of rotatable bonds is 7. The van der Waals surface area contributed by atoms with Crippen molar-refractivity contribution in [1.29, 1.82) is 0 Å². The van der Waals surface area contributed by atoms with Crippen LogP contribution in [0.5, 0.6) is 0 Å². The highest BCUT2D eigenvalue weighted by atomic mass is 19.1. The Hall–Kier alpha value is -4.47. The maximum Gasteiger partial charge on any atom is 0.238 e. The molecule has 0 amide bonds. The van der Waals surface area contributed by atoms with Gasteiger partial charge in [-0.3, -0.25) is 9.78 Å². The van der Waals surface area contributed by atoms with Crippen molar-refractivity contribution in [3.63, 3.8) is 0 Å². The summed E-state index contributed by atoms with van der Waals surface area (Å²) in [5.74, 6) is 0.303. The second kappa shape index (κ2) is 9.77. The Labute approximate surface area is 219 Å². The van der Waals surface area contributed by atoms with Crippen LogP contribution < -0.4 is 4.90 Å². The number of hydrogen-bond acceptors (Lipinski definition) is 8. The molecule has 38 heavy (non-hydrogen) atoms. The first kappa shape index (κ1) is 25.2. The van der Waals surface area contributed by atoms with Gasteiger partial charge >= 0.3 is 0 Å². The van der Waals surface area contributed by atoms with Gasteiger partial charge in [-0.1, -0.05) is 38.1 Å². The molecular weight excluding hydrogens is 485 g/mol. The van der Waals surface area contributed by atoms with Crippen LogP contribution >= 0.6 is 0 Å². The zero-order valence-electron chi connectivity index (χ0n) is 21.9. The number of nitrogens with one attached hydrogen (secondary N) is 1. The fourth-order valence-corrected chi connectivity index (χ4v) is 3.98. The third-order valence-electron chi connectivity index (χ3n) is 6.20. The number of pyridine rings is 2. The maximum atomic E-state index is 15.1. The van der Waals surface area contributed by atoms with E-state index >= 15 is 4.39 Å². The molecule has 0 saturated heterocycles. The molecule has 0 saturated carbocycles. The van der Waals surface area contributed by atoms with Gasteiger partial charge < -0.3 is 14.4 Å². The van der Waals surface area contributed by atoms with Crippen molar-refractivity contribution < 1.29 is 13.7 Å². The zero-order chi connectivity index (χ0) is 27.0. The first-order chi connectivity index (χ1) is 18.1. The van der Waals surface area contributed by atoms with Gasteiger partial charge in [-0.15, -0.1) is 0 Å². The Morgan fingerprint density at radius 1 is 1.08 bits per heavy atom. The minimum atomic E-state index is -0.399. The number of nitrogens with zero attached hydrogens (tertiary/aromatic N) is 6. The Morgan fingerprint density at radius 3 is 2.55 bits per heavy atom. The smallest absolute Gasteiger partial charge is 0.238 e. The second-order valence-electron chi connectivity index (χ2n) is 10.3. The fourth-order valence-electron chi connectivity index (χ4n) is 3.98. The van der Waals surface area contributed by atoms with E-state index in [1.165, 1.54) is 6.07 Å². The molecule has 4 heterocycles. The molecule has 0 aliphatic carbocycles. The lowest BCUT2D eigenvalue weighted by molar-refractivity contribution is 0.0969. The molecule has 1 aromatic carbocycles. The van der Waals surface area contributed by atoms with E-state index in [2.05, 4.69) is 30.1 Å². The summed E-state index contributed by atoms with van der Waals surface area (Å²) in [5, 5.41) is 3.78. The monoisotopic (exact) mass is 513 g/mol. The molecule has 0 radical (unpaired) electrons. The number of aromatic amines is 1. The standard InChI is InChI=1S/C28H28FN7O2/c1-28(2,3)27-34-25(35-38-27)22(37)11-8-16-6-7-17(14-20(16)29)19-12-13-30-26-23(19)32-24(33-26)21-10-9-18(15-31-21)36(4)5/h6-7,9-10,12-15H,8,11H2,1-5H3,(H,30,32,33). The summed E-state index contributed by atoms with van der Waals surface area (Å²) >= 11 is 0. The van der Waals surface area contributed by atoms with Gasteiger partial charge in [0, 0.05) is 37.7 Å². The molecule has 0 atom stereocenters. The lowest BCUT2D eigenvalue weighted by Gasteiger charge is -2.11. The topological polar surface area (TPSA) is 114 Å². The zero-order valence-corrected chi connectivity index (χ0v) is 21.9. The predicted molar refractivity (Wildman–Crippen MR) is 142 cm³/mol. The molecule has 0 bridgehead atoms. The SMILES string of the molecule is CN(C)c1ccc(-c2nc3nccc(-c4ccc(CCC(=O)c5noc(C(C)(C)C)n5)c(F)c4)c3[nH]2)nc1. The van der Waals surface area contributed by atoms with Crippen molar-refractivity contribution >= 4 is 22.6 Å². The molecule has 194 valence electrons. The van der Waals surface area contributed by atoms with E-state index in [-0.39, 0.29) is 29.9 Å². The number of fused-ring (bicyclic) bond motifs is 1. The fraction of sp³-hybridized carbons (Fsp3) is 0.286. The number of carbonyl (C=O) groups excluding carboxylic acids is 1. The molecule has 10 heteroatoms. The Bertz CT molecular complexity index is 1610. The normalized spacial score (nSPS) is 11.7. The summed E-state index contributed by atoms with van der Waals surface area (Å²) < 4.78 is 20.3. The molecule has 0 spiro atoms. The van der Waals surface area contributed by atoms with Crippen molar-refractivity contribution in [2.75, 3.05) is 19.0 Å². The summed E-state index contributed by atoms with van der Waals surface area (Å²) in [5.41, 5.74) is 4.38. The van der Waals surface area contributed by atoms with Crippen LogP contribution in [0.3, 0.4) is 0 Å². The molecule has 9 nitrogen and oxygen atoms in total. The number of anilines is 1. The van der Waals surface area contributed by atoms with Crippen LogP contribution in [-0.4, -0.2) is 50.0 Å². The van der Waals surface area contributed by atoms with Crippen molar-refractivity contribution in [3.05, 3.63) is 71.9 Å². The number of hydrogen-bond donors (Lipinski definition) is 1. The van der Waals surface area contributed by atoms with Crippen LogP contribution in [0.4, 0.5) is 10.1 Å². The van der Waals surface area contributed by atoms with Crippen molar-refractivity contribution in [2.45, 2.75) is 39.0 Å². The van der Waals surface area contributed by atoms with Gasteiger partial charge in [-0.25, -0.2) is 14.4 Å². The van der Waals surface area contributed by atoms with Crippen LogP contribution in [0.15, 0.2) is 53.3 Å². The summed E-state index contributed by atoms with van der Waals surface area (Å²) in [6.45, 7) is 5.77. The van der Waals surface area contributed by atoms with Gasteiger partial charge in [0.15, 0.2) is 11.5 Å². The highest BCUT2D eigenvalue weighted by Crippen LogP contribution is 2.30. The summed E-state index contributed by atoms with van der Waals surface area (Å²) in [6, 6.07) is 10.7. The van der Waals surface area contributed by atoms with Gasteiger partial charge in [0.1, 0.15) is 11.5 Å². The summed E-state index contributed by atoms with van der Waals surface area (Å²) in [6.07, 6.45) is 3.71. The van der Waals surface area contributed by atoms with Crippen molar-refractivity contribution in [2.24, 2.45) is 0 Å². The van der Waals surface area contributed by atoms with E-state index in [9.17, 15) is 4.79 Å². The van der Waals surface area contributed by atoms with Gasteiger partial charge in [0.05, 0.1) is 17.4 Å². The van der Waals surface area contributed by atoms with Crippen LogP contribution in [0.2, 0.25) is 0 Å². The van der Waals surface area contributed by atoms with Crippen LogP contribution in [0.1, 0.15) is 49.3 Å². The Balaban J connectivity index is 1.35.